The lowest BCUT2D eigenvalue weighted by Crippen LogP contribution is -2.28. The molecule has 31 heavy (non-hydrogen) atoms. The molecule has 2 heterocycles. The molecule has 0 radical (unpaired) electrons. The molecule has 1 atom stereocenters. The molecule has 1 aromatic carbocycles. The molecule has 164 valence electrons. The lowest BCUT2D eigenvalue weighted by molar-refractivity contribution is 0.184. The third kappa shape index (κ3) is 4.24. The maximum Gasteiger partial charge on any atom is 0.158 e. The fourth-order valence-corrected chi connectivity index (χ4v) is 5.44. The van der Waals surface area contributed by atoms with Crippen LogP contribution in [0.3, 0.4) is 0 Å². The molecule has 6 nitrogen and oxygen atoms in total. The quantitative estimate of drug-likeness (QED) is 0.379. The van der Waals surface area contributed by atoms with Gasteiger partial charge in [-0.3, -0.25) is 5.43 Å². The molecular weight excluding hydrogens is 408 g/mol. The minimum atomic E-state index is 0.330. The molecule has 0 bridgehead atoms. The second kappa shape index (κ2) is 8.83. The maximum absolute atomic E-state index is 5.44. The van der Waals surface area contributed by atoms with Gasteiger partial charge in [-0.1, -0.05) is 27.2 Å². The first-order chi connectivity index (χ1) is 15.0. The number of hydrazone groups is 1. The predicted molar refractivity (Wildman–Crippen MR) is 128 cm³/mol. The zero-order valence-corrected chi connectivity index (χ0v) is 19.7. The maximum atomic E-state index is 5.44. The van der Waals surface area contributed by atoms with Crippen molar-refractivity contribution in [3.05, 3.63) is 40.5 Å². The van der Waals surface area contributed by atoms with Crippen LogP contribution in [0.4, 0.5) is 5.82 Å². The molecule has 0 amide bonds. The summed E-state index contributed by atoms with van der Waals surface area (Å²) in [4.78, 5) is 11.5. The first-order valence-electron chi connectivity index (χ1n) is 10.7. The number of thiophene rings is 1. The van der Waals surface area contributed by atoms with Crippen LogP contribution in [0, 0.1) is 11.3 Å². The normalized spacial score (nSPS) is 16.5. The van der Waals surface area contributed by atoms with Crippen LogP contribution in [0.5, 0.6) is 11.5 Å². The Morgan fingerprint density at radius 3 is 2.84 bits per heavy atom. The largest absolute Gasteiger partial charge is 0.497 e. The summed E-state index contributed by atoms with van der Waals surface area (Å²) in [7, 11) is 3.29. The van der Waals surface area contributed by atoms with Crippen LogP contribution in [0.2, 0.25) is 0 Å². The number of ether oxygens (including phenoxy) is 2. The number of hydrogen-bond donors (Lipinski definition) is 1. The fourth-order valence-electron chi connectivity index (χ4n) is 4.25. The molecule has 3 aromatic rings. The SMILES string of the molecule is CCC(C)(C)C1CCc2sc3ncnc(N/N=C/c4cc(OC)ccc4OC)c3c2C1. The summed E-state index contributed by atoms with van der Waals surface area (Å²) in [5.74, 6) is 2.91. The lowest BCUT2D eigenvalue weighted by atomic mass is 9.69. The van der Waals surface area contributed by atoms with Gasteiger partial charge in [-0.2, -0.15) is 5.10 Å². The van der Waals surface area contributed by atoms with Crippen molar-refractivity contribution in [1.29, 1.82) is 0 Å². The molecule has 0 saturated heterocycles. The Morgan fingerprint density at radius 2 is 2.10 bits per heavy atom. The summed E-state index contributed by atoms with van der Waals surface area (Å²) in [6.07, 6.45) is 7.96. The lowest BCUT2D eigenvalue weighted by Gasteiger charge is -2.36. The molecule has 2 aromatic heterocycles. The van der Waals surface area contributed by atoms with E-state index in [1.807, 2.05) is 18.2 Å². The molecule has 1 aliphatic rings. The Kier molecular flexibility index (Phi) is 6.14. The highest BCUT2D eigenvalue weighted by atomic mass is 32.1. The van der Waals surface area contributed by atoms with E-state index in [1.165, 1.54) is 23.3 Å². The van der Waals surface area contributed by atoms with Gasteiger partial charge >= 0.3 is 0 Å². The first-order valence-corrected chi connectivity index (χ1v) is 11.5. The summed E-state index contributed by atoms with van der Waals surface area (Å²) in [6, 6.07) is 5.63. The number of aromatic nitrogens is 2. The van der Waals surface area contributed by atoms with Crippen molar-refractivity contribution in [2.75, 3.05) is 19.6 Å². The van der Waals surface area contributed by atoms with Gasteiger partial charge in [0.25, 0.3) is 0 Å². The number of nitrogens with zero attached hydrogens (tertiary/aromatic N) is 3. The summed E-state index contributed by atoms with van der Waals surface area (Å²) < 4.78 is 10.8. The third-order valence-corrected chi connectivity index (χ3v) is 7.87. The second-order valence-electron chi connectivity index (χ2n) is 8.67. The van der Waals surface area contributed by atoms with Crippen LogP contribution in [0.1, 0.15) is 49.6 Å². The van der Waals surface area contributed by atoms with E-state index in [4.69, 9.17) is 9.47 Å². The highest BCUT2D eigenvalue weighted by Crippen LogP contribution is 2.45. The molecule has 4 rings (SSSR count). The van der Waals surface area contributed by atoms with E-state index in [-0.39, 0.29) is 0 Å². The van der Waals surface area contributed by atoms with Gasteiger partial charge in [0.05, 0.1) is 25.8 Å². The standard InChI is InChI=1S/C24H30N4O2S/c1-6-24(2,3)16-7-10-20-18(12-16)21-22(25-14-26-23(21)31-20)28-27-13-15-11-17(29-4)8-9-19(15)30-5/h8-9,11,13-14,16H,6-7,10,12H2,1-5H3,(H,25,26,28)/b27-13+. The number of fused-ring (bicyclic) bond motifs is 3. The van der Waals surface area contributed by atoms with E-state index >= 15 is 0 Å². The Balaban J connectivity index is 1.64. The Morgan fingerprint density at radius 1 is 1.26 bits per heavy atom. The monoisotopic (exact) mass is 438 g/mol. The van der Waals surface area contributed by atoms with E-state index in [0.717, 1.165) is 45.9 Å². The average Bonchev–Trinajstić information content (AvgIpc) is 3.17. The number of anilines is 1. The van der Waals surface area contributed by atoms with Gasteiger partial charge in [0.2, 0.25) is 0 Å². The van der Waals surface area contributed by atoms with Crippen LogP contribution in [0.25, 0.3) is 10.2 Å². The van der Waals surface area contributed by atoms with Crippen molar-refractivity contribution in [2.45, 2.75) is 46.5 Å². The molecule has 0 aliphatic heterocycles. The number of nitrogens with one attached hydrogen (secondary N) is 1. The highest BCUT2D eigenvalue weighted by molar-refractivity contribution is 7.19. The minimum Gasteiger partial charge on any atom is -0.497 e. The van der Waals surface area contributed by atoms with Gasteiger partial charge < -0.3 is 9.47 Å². The summed E-state index contributed by atoms with van der Waals surface area (Å²) in [6.45, 7) is 7.07. The predicted octanol–water partition coefficient (Wildman–Crippen LogP) is 5.70. The van der Waals surface area contributed by atoms with Crippen molar-refractivity contribution in [3.8, 4) is 11.5 Å². The Bertz CT molecular complexity index is 1110. The number of methoxy groups -OCH3 is 2. The van der Waals surface area contributed by atoms with Crippen LogP contribution in [0.15, 0.2) is 29.6 Å². The van der Waals surface area contributed by atoms with E-state index in [0.29, 0.717) is 11.3 Å². The zero-order valence-electron chi connectivity index (χ0n) is 18.9. The van der Waals surface area contributed by atoms with Crippen molar-refractivity contribution in [3.63, 3.8) is 0 Å². The molecule has 1 unspecified atom stereocenters. The van der Waals surface area contributed by atoms with Crippen molar-refractivity contribution in [2.24, 2.45) is 16.4 Å². The van der Waals surface area contributed by atoms with Crippen LogP contribution >= 0.6 is 11.3 Å². The van der Waals surface area contributed by atoms with Gasteiger partial charge in [-0.15, -0.1) is 11.3 Å². The van der Waals surface area contributed by atoms with E-state index in [2.05, 4.69) is 41.3 Å². The Labute approximate surface area is 187 Å². The number of hydrogen-bond acceptors (Lipinski definition) is 7. The average molecular weight is 439 g/mol. The summed E-state index contributed by atoms with van der Waals surface area (Å²) >= 11 is 1.80. The third-order valence-electron chi connectivity index (χ3n) is 6.67. The molecule has 1 aliphatic carbocycles. The Hall–Kier alpha value is -2.67. The van der Waals surface area contributed by atoms with Crippen LogP contribution in [-0.4, -0.2) is 30.4 Å². The summed E-state index contributed by atoms with van der Waals surface area (Å²) in [5.41, 5.74) is 5.72. The van der Waals surface area contributed by atoms with E-state index in [9.17, 15) is 0 Å². The molecule has 7 heteroatoms. The molecule has 0 fully saturated rings. The molecule has 0 spiro atoms. The molecule has 1 N–H and O–H groups in total. The number of aryl methyl sites for hydroxylation is 1. The van der Waals surface area contributed by atoms with Gasteiger partial charge in [0.15, 0.2) is 5.82 Å². The molecular formula is C24H30N4O2S. The zero-order chi connectivity index (χ0) is 22.0. The van der Waals surface area contributed by atoms with Crippen molar-refractivity contribution >= 4 is 33.6 Å². The summed E-state index contributed by atoms with van der Waals surface area (Å²) in [5, 5.41) is 5.58. The second-order valence-corrected chi connectivity index (χ2v) is 9.75. The van der Waals surface area contributed by atoms with E-state index in [1.54, 1.807) is 38.1 Å². The smallest absolute Gasteiger partial charge is 0.158 e. The van der Waals surface area contributed by atoms with Crippen molar-refractivity contribution in [1.82, 2.24) is 9.97 Å². The topological polar surface area (TPSA) is 68.6 Å². The van der Waals surface area contributed by atoms with Crippen LogP contribution < -0.4 is 14.9 Å². The van der Waals surface area contributed by atoms with Crippen molar-refractivity contribution < 1.29 is 9.47 Å². The van der Waals surface area contributed by atoms with Gasteiger partial charge in [-0.05, 0) is 54.4 Å². The number of benzene rings is 1. The minimum absolute atomic E-state index is 0.330. The first kappa shape index (κ1) is 21.6. The van der Waals surface area contributed by atoms with Gasteiger partial charge in [-0.25, -0.2) is 9.97 Å². The van der Waals surface area contributed by atoms with Gasteiger partial charge in [0.1, 0.15) is 22.7 Å². The van der Waals surface area contributed by atoms with Gasteiger partial charge in [0, 0.05) is 10.4 Å². The fraction of sp³-hybridized carbons (Fsp3) is 0.458. The van der Waals surface area contributed by atoms with Crippen LogP contribution in [-0.2, 0) is 12.8 Å². The highest BCUT2D eigenvalue weighted by Gasteiger charge is 2.33. The number of rotatable bonds is 7. The molecule has 0 saturated carbocycles. The van der Waals surface area contributed by atoms with E-state index < -0.39 is 0 Å².